The number of allylic oxidation sites excluding steroid dienone is 1. The molecule has 0 bridgehead atoms. The van der Waals surface area contributed by atoms with Gasteiger partial charge in [0.1, 0.15) is 5.60 Å². The van der Waals surface area contributed by atoms with Gasteiger partial charge in [0, 0.05) is 62.6 Å². The molecule has 0 unspecified atom stereocenters. The zero-order valence-electron chi connectivity index (χ0n) is 30.8. The summed E-state index contributed by atoms with van der Waals surface area (Å²) in [4.78, 5) is 29.3. The molecule has 0 aliphatic carbocycles. The molecule has 0 spiro atoms. The van der Waals surface area contributed by atoms with Crippen molar-refractivity contribution >= 4 is 60.6 Å². The van der Waals surface area contributed by atoms with Crippen LogP contribution in [0.3, 0.4) is 0 Å². The largest absolute Gasteiger partial charge is 0.443 e. The third-order valence-electron chi connectivity index (χ3n) is 10.2. The van der Waals surface area contributed by atoms with Crippen molar-refractivity contribution in [3.8, 4) is 0 Å². The quantitative estimate of drug-likeness (QED) is 0.208. The van der Waals surface area contributed by atoms with Crippen molar-refractivity contribution in [3.63, 3.8) is 0 Å². The van der Waals surface area contributed by atoms with Gasteiger partial charge in [-0.3, -0.25) is 9.89 Å². The van der Waals surface area contributed by atoms with Crippen molar-refractivity contribution < 1.29 is 19.0 Å². The van der Waals surface area contributed by atoms with Gasteiger partial charge in [0.2, 0.25) is 0 Å². The molecule has 2 saturated heterocycles. The van der Waals surface area contributed by atoms with E-state index in [1.165, 1.54) is 37.1 Å². The second kappa shape index (κ2) is 15.8. The van der Waals surface area contributed by atoms with Crippen LogP contribution < -0.4 is 0 Å². The maximum Gasteiger partial charge on any atom is 0.414 e. The molecule has 2 fully saturated rings. The van der Waals surface area contributed by atoms with E-state index < -0.39 is 5.60 Å². The van der Waals surface area contributed by atoms with Crippen LogP contribution in [0.5, 0.6) is 0 Å². The van der Waals surface area contributed by atoms with Crippen LogP contribution in [-0.2, 0) is 14.2 Å². The first-order chi connectivity index (χ1) is 24.6. The van der Waals surface area contributed by atoms with E-state index in [1.54, 1.807) is 16.2 Å². The normalized spacial score (nSPS) is 22.3. The average molecular weight is 729 g/mol. The predicted molar refractivity (Wildman–Crippen MR) is 209 cm³/mol. The van der Waals surface area contributed by atoms with Crippen LogP contribution in [0.25, 0.3) is 26.1 Å². The van der Waals surface area contributed by atoms with E-state index in [-0.39, 0.29) is 6.09 Å². The number of fused-ring (bicyclic) bond motifs is 2. The Morgan fingerprint density at radius 2 is 1.37 bits per heavy atom. The Bertz CT molecular complexity index is 1890. The van der Waals surface area contributed by atoms with Crippen molar-refractivity contribution in [1.82, 2.24) is 14.9 Å². The van der Waals surface area contributed by atoms with Crippen molar-refractivity contribution in [2.75, 3.05) is 39.5 Å². The van der Waals surface area contributed by atoms with E-state index in [4.69, 9.17) is 29.2 Å². The minimum Gasteiger partial charge on any atom is -0.443 e. The summed E-state index contributed by atoms with van der Waals surface area (Å²) in [6, 6.07) is 13.1. The summed E-state index contributed by atoms with van der Waals surface area (Å²) in [5.74, 6) is 2.22. The first-order valence-electron chi connectivity index (χ1n) is 18.8. The van der Waals surface area contributed by atoms with Crippen LogP contribution in [0, 0.1) is 11.8 Å². The lowest BCUT2D eigenvalue weighted by atomic mass is 9.96. The molecular weight excluding hydrogens is 677 g/mol. The summed E-state index contributed by atoms with van der Waals surface area (Å²) in [7, 11) is 0. The molecule has 2 atom stereocenters. The number of carbonyl (C=O) groups excluding carboxylic acids is 1. The molecule has 0 N–H and O–H groups in total. The molecule has 4 aliphatic rings. The lowest BCUT2D eigenvalue weighted by molar-refractivity contribution is 0.0327. The maximum absolute atomic E-state index is 12.9. The average Bonchev–Trinajstić information content (AvgIpc) is 3.76. The highest BCUT2D eigenvalue weighted by atomic mass is 32.1. The van der Waals surface area contributed by atoms with Gasteiger partial charge in [0.25, 0.3) is 0 Å². The van der Waals surface area contributed by atoms with Gasteiger partial charge >= 0.3 is 6.09 Å². The number of carbonyl (C=O) groups is 1. The summed E-state index contributed by atoms with van der Waals surface area (Å²) in [5, 5.41) is 2.49. The molecule has 272 valence electrons. The van der Waals surface area contributed by atoms with Crippen LogP contribution in [0.4, 0.5) is 4.79 Å². The second-order valence-electron chi connectivity index (χ2n) is 15.7. The number of amides is 1. The molecule has 4 aromatic rings. The first kappa shape index (κ1) is 36.2. The van der Waals surface area contributed by atoms with E-state index in [1.807, 2.05) is 32.1 Å². The van der Waals surface area contributed by atoms with Crippen LogP contribution in [0.1, 0.15) is 113 Å². The smallest absolute Gasteiger partial charge is 0.414 e. The molecule has 8 rings (SSSR count). The number of rotatable bonds is 4. The SMILES string of the molecule is C[C@H]1CC=C(c2ccc3sc(C4CCOCC4)nc3c2)N(C(=O)OC(C)(C)C)C1.C[C@H]1CCC(c2ccc3sc(C4CCOCC4)nc3c2)=NC1. The van der Waals surface area contributed by atoms with Crippen LogP contribution in [0.2, 0.25) is 0 Å². The fourth-order valence-electron chi connectivity index (χ4n) is 7.19. The zero-order valence-corrected chi connectivity index (χ0v) is 32.4. The predicted octanol–water partition coefficient (Wildman–Crippen LogP) is 10.2. The fraction of sp³-hybridized carbons (Fsp3) is 0.561. The number of ether oxygens (including phenoxy) is 3. The van der Waals surface area contributed by atoms with E-state index in [0.29, 0.717) is 24.3 Å². The number of benzene rings is 2. The molecule has 6 heterocycles. The van der Waals surface area contributed by atoms with Crippen molar-refractivity contribution in [2.45, 2.75) is 97.0 Å². The highest BCUT2D eigenvalue weighted by Crippen LogP contribution is 2.37. The Hall–Kier alpha value is -3.18. The minimum atomic E-state index is -0.514. The fourth-order valence-corrected chi connectivity index (χ4v) is 9.43. The van der Waals surface area contributed by atoms with Gasteiger partial charge in [-0.2, -0.15) is 0 Å². The second-order valence-corrected chi connectivity index (χ2v) is 17.8. The van der Waals surface area contributed by atoms with Crippen LogP contribution >= 0.6 is 22.7 Å². The van der Waals surface area contributed by atoms with Gasteiger partial charge in [0.15, 0.2) is 0 Å². The number of hydrogen-bond donors (Lipinski definition) is 0. The Morgan fingerprint density at radius 3 is 1.92 bits per heavy atom. The van der Waals surface area contributed by atoms with Crippen LogP contribution in [0.15, 0.2) is 47.5 Å². The third-order valence-corrected chi connectivity index (χ3v) is 12.6. The number of nitrogens with zero attached hydrogens (tertiary/aromatic N) is 4. The molecule has 51 heavy (non-hydrogen) atoms. The molecule has 1 amide bonds. The van der Waals surface area contributed by atoms with E-state index in [0.717, 1.165) is 99.7 Å². The van der Waals surface area contributed by atoms with E-state index in [9.17, 15) is 4.79 Å². The van der Waals surface area contributed by atoms with Gasteiger partial charge < -0.3 is 14.2 Å². The summed E-state index contributed by atoms with van der Waals surface area (Å²) in [6.07, 6.45) is 9.49. The van der Waals surface area contributed by atoms with E-state index >= 15 is 0 Å². The molecule has 0 radical (unpaired) electrons. The molecule has 2 aromatic heterocycles. The number of aromatic nitrogens is 2. The highest BCUT2D eigenvalue weighted by molar-refractivity contribution is 7.19. The van der Waals surface area contributed by atoms with Crippen molar-refractivity contribution in [3.05, 3.63) is 63.6 Å². The van der Waals surface area contributed by atoms with Gasteiger partial charge in [-0.1, -0.05) is 32.1 Å². The number of aliphatic imine (C=N–C) groups is 1. The summed E-state index contributed by atoms with van der Waals surface area (Å²) in [6.45, 7) is 15.2. The number of hydrogen-bond acceptors (Lipinski definition) is 9. The Labute approximate surface area is 310 Å². The molecule has 10 heteroatoms. The monoisotopic (exact) mass is 728 g/mol. The molecule has 0 saturated carbocycles. The summed E-state index contributed by atoms with van der Waals surface area (Å²) in [5.41, 5.74) is 6.13. The van der Waals surface area contributed by atoms with Gasteiger partial charge in [-0.15, -0.1) is 22.7 Å². The Balaban J connectivity index is 0.000000165. The summed E-state index contributed by atoms with van der Waals surface area (Å²) >= 11 is 3.64. The zero-order chi connectivity index (χ0) is 35.5. The van der Waals surface area contributed by atoms with Gasteiger partial charge in [-0.05, 0) is 107 Å². The summed E-state index contributed by atoms with van der Waals surface area (Å²) < 4.78 is 19.1. The first-order valence-corrected chi connectivity index (χ1v) is 20.4. The molecule has 2 aromatic carbocycles. The highest BCUT2D eigenvalue weighted by Gasteiger charge is 2.30. The Kier molecular flexibility index (Phi) is 11.2. The lowest BCUT2D eigenvalue weighted by Crippen LogP contribution is -2.39. The van der Waals surface area contributed by atoms with Gasteiger partial charge in [0.05, 0.1) is 36.1 Å². The topological polar surface area (TPSA) is 86.1 Å². The minimum absolute atomic E-state index is 0.281. The maximum atomic E-state index is 12.9. The van der Waals surface area contributed by atoms with Gasteiger partial charge in [-0.25, -0.2) is 14.8 Å². The Morgan fingerprint density at radius 1 is 0.804 bits per heavy atom. The lowest BCUT2D eigenvalue weighted by Gasteiger charge is -2.33. The standard InChI is InChI=1S/C23H30N2O3S.C18H22N2OS/c1-15-5-7-19(25(14-15)22(26)28-23(2,3)4)17-6-8-20-18(13-17)24-21(29-20)16-9-11-27-12-10-16;1-12-2-4-15(19-11-12)14-3-5-17-16(10-14)20-18(22-17)13-6-8-21-9-7-13/h6-8,13,15-16H,5,9-12,14H2,1-4H3;3,5,10,12-13H,2,4,6-9,11H2,1H3/t15-;12-/m00/s1. The van der Waals surface area contributed by atoms with E-state index in [2.05, 4.69) is 56.3 Å². The van der Waals surface area contributed by atoms with Crippen LogP contribution in [-0.4, -0.2) is 71.8 Å². The van der Waals surface area contributed by atoms with Crippen molar-refractivity contribution in [1.29, 1.82) is 0 Å². The molecule has 8 nitrogen and oxygen atoms in total. The third kappa shape index (κ3) is 8.90. The van der Waals surface area contributed by atoms with Crippen molar-refractivity contribution in [2.24, 2.45) is 16.8 Å². The number of thiazole rings is 2. The molecular formula is C41H52N4O4S2. The molecule has 4 aliphatic heterocycles.